The van der Waals surface area contributed by atoms with Gasteiger partial charge in [0.05, 0.1) is 11.0 Å². The van der Waals surface area contributed by atoms with Crippen molar-refractivity contribution in [2.45, 2.75) is 71.1 Å². The van der Waals surface area contributed by atoms with Gasteiger partial charge in [-0.05, 0) is 62.7 Å². The maximum Gasteiger partial charge on any atom is 0.417 e. The van der Waals surface area contributed by atoms with E-state index in [1.54, 1.807) is 4.90 Å². The molecule has 204 valence electrons. The van der Waals surface area contributed by atoms with Crippen LogP contribution in [0.2, 0.25) is 0 Å². The van der Waals surface area contributed by atoms with E-state index in [4.69, 9.17) is 0 Å². The van der Waals surface area contributed by atoms with E-state index in [0.717, 1.165) is 63.0 Å². The quantitative estimate of drug-likeness (QED) is 0.463. The summed E-state index contributed by atoms with van der Waals surface area (Å²) in [7, 11) is 0. The molecule has 38 heavy (non-hydrogen) atoms. The van der Waals surface area contributed by atoms with Gasteiger partial charge in [0.2, 0.25) is 5.91 Å². The second-order valence-corrected chi connectivity index (χ2v) is 11.6. The summed E-state index contributed by atoms with van der Waals surface area (Å²) in [5, 5.41) is 0. The minimum Gasteiger partial charge on any atom is -0.337 e. The first-order chi connectivity index (χ1) is 18.1. The van der Waals surface area contributed by atoms with Gasteiger partial charge in [0.1, 0.15) is 0 Å². The lowest BCUT2D eigenvalue weighted by molar-refractivity contribution is -0.146. The van der Waals surface area contributed by atoms with Crippen molar-refractivity contribution < 1.29 is 22.8 Å². The molecule has 2 unspecified atom stereocenters. The average molecular weight is 528 g/mol. The number of pyridine rings is 1. The SMILES string of the molecule is CC(C)C1(C(=O)N2CCc3ncc(C(F)(F)F)cc3C2)CCC(N2CCC(C(=O)c3ccccc3)CC2)C1. The van der Waals surface area contributed by atoms with Crippen LogP contribution in [0.25, 0.3) is 0 Å². The summed E-state index contributed by atoms with van der Waals surface area (Å²) >= 11 is 0. The minimum atomic E-state index is -4.45. The van der Waals surface area contributed by atoms with Gasteiger partial charge < -0.3 is 9.80 Å². The number of rotatable bonds is 5. The van der Waals surface area contributed by atoms with E-state index < -0.39 is 17.2 Å². The molecule has 5 rings (SSSR count). The fraction of sp³-hybridized carbons (Fsp3) is 0.567. The van der Waals surface area contributed by atoms with Crippen LogP contribution in [0.15, 0.2) is 42.6 Å². The number of hydrogen-bond donors (Lipinski definition) is 0. The Morgan fingerprint density at radius 2 is 1.76 bits per heavy atom. The number of benzene rings is 1. The number of aromatic nitrogens is 1. The molecule has 1 aromatic carbocycles. The Bertz CT molecular complexity index is 1180. The number of carbonyl (C=O) groups excluding carboxylic acids is 2. The highest BCUT2D eigenvalue weighted by atomic mass is 19.4. The lowest BCUT2D eigenvalue weighted by atomic mass is 9.73. The van der Waals surface area contributed by atoms with E-state index in [9.17, 15) is 22.8 Å². The molecule has 2 atom stereocenters. The van der Waals surface area contributed by atoms with Gasteiger partial charge in [0, 0.05) is 48.9 Å². The number of alkyl halides is 3. The van der Waals surface area contributed by atoms with Crippen molar-refractivity contribution in [2.75, 3.05) is 19.6 Å². The third kappa shape index (κ3) is 5.12. The Hall–Kier alpha value is -2.74. The van der Waals surface area contributed by atoms with Gasteiger partial charge in [-0.2, -0.15) is 13.2 Å². The number of hydrogen-bond acceptors (Lipinski definition) is 4. The number of fused-ring (bicyclic) bond motifs is 1. The van der Waals surface area contributed by atoms with Gasteiger partial charge in [-0.1, -0.05) is 44.2 Å². The first kappa shape index (κ1) is 26.9. The molecule has 1 amide bonds. The number of amides is 1. The van der Waals surface area contributed by atoms with Crippen molar-refractivity contribution in [3.8, 4) is 0 Å². The summed E-state index contributed by atoms with van der Waals surface area (Å²) in [5.74, 6) is 0.442. The van der Waals surface area contributed by atoms with Gasteiger partial charge >= 0.3 is 6.18 Å². The maximum atomic E-state index is 14.0. The summed E-state index contributed by atoms with van der Waals surface area (Å²) in [6.45, 7) is 6.53. The maximum absolute atomic E-state index is 14.0. The van der Waals surface area contributed by atoms with E-state index in [0.29, 0.717) is 24.2 Å². The highest BCUT2D eigenvalue weighted by Gasteiger charge is 2.51. The minimum absolute atomic E-state index is 0.0372. The van der Waals surface area contributed by atoms with Gasteiger partial charge in [-0.25, -0.2) is 0 Å². The third-order valence-corrected chi connectivity index (χ3v) is 9.18. The Balaban J connectivity index is 1.24. The predicted octanol–water partition coefficient (Wildman–Crippen LogP) is 5.77. The second-order valence-electron chi connectivity index (χ2n) is 11.6. The number of Topliss-reactive ketones (excluding diaryl/α,β-unsaturated/α-hetero) is 1. The van der Waals surface area contributed by atoms with Crippen LogP contribution < -0.4 is 0 Å². The topological polar surface area (TPSA) is 53.5 Å². The molecule has 1 aliphatic carbocycles. The standard InChI is InChI=1S/C30H36F3N3O2/c1-20(2)29(28(38)36-15-11-26-23(19-36)16-24(18-34-26)30(31,32)33)12-8-25(17-29)35-13-9-22(10-14-35)27(37)21-6-4-3-5-7-21/h3-7,16,18,20,22,25H,8-15,17,19H2,1-2H3. The number of halogens is 3. The van der Waals surface area contributed by atoms with E-state index >= 15 is 0 Å². The zero-order chi connectivity index (χ0) is 27.1. The van der Waals surface area contributed by atoms with E-state index in [2.05, 4.69) is 23.7 Å². The highest BCUT2D eigenvalue weighted by Crippen LogP contribution is 2.48. The van der Waals surface area contributed by atoms with E-state index in [1.807, 2.05) is 30.3 Å². The number of piperidine rings is 1. The molecule has 0 radical (unpaired) electrons. The summed E-state index contributed by atoms with van der Waals surface area (Å²) in [4.78, 5) is 35.2. The normalized spacial score (nSPS) is 25.0. The summed E-state index contributed by atoms with van der Waals surface area (Å²) < 4.78 is 39.8. The number of likely N-dealkylation sites (tertiary alicyclic amines) is 1. The molecule has 0 spiro atoms. The zero-order valence-electron chi connectivity index (χ0n) is 22.1. The molecule has 3 heterocycles. The summed E-state index contributed by atoms with van der Waals surface area (Å²) in [6, 6.07) is 10.9. The number of carbonyl (C=O) groups is 2. The first-order valence-electron chi connectivity index (χ1n) is 13.8. The molecule has 5 nitrogen and oxygen atoms in total. The lowest BCUT2D eigenvalue weighted by Gasteiger charge is -2.41. The van der Waals surface area contributed by atoms with Crippen LogP contribution in [0.5, 0.6) is 0 Å². The van der Waals surface area contributed by atoms with Crippen molar-refractivity contribution in [1.82, 2.24) is 14.8 Å². The van der Waals surface area contributed by atoms with Gasteiger partial charge in [0.15, 0.2) is 5.78 Å². The summed E-state index contributed by atoms with van der Waals surface area (Å²) in [5.41, 5.74) is 0.639. The van der Waals surface area contributed by atoms with Gasteiger partial charge in [0.25, 0.3) is 0 Å². The molecule has 3 aliphatic rings. The number of ketones is 1. The molecule has 0 N–H and O–H groups in total. The van der Waals surface area contributed by atoms with Crippen LogP contribution in [0.1, 0.15) is 73.1 Å². The monoisotopic (exact) mass is 527 g/mol. The van der Waals surface area contributed by atoms with Crippen molar-refractivity contribution in [2.24, 2.45) is 17.3 Å². The number of nitrogens with zero attached hydrogens (tertiary/aromatic N) is 3. The molecule has 1 saturated carbocycles. The van der Waals surface area contributed by atoms with E-state index in [-0.39, 0.29) is 36.1 Å². The first-order valence-corrected chi connectivity index (χ1v) is 13.8. The largest absolute Gasteiger partial charge is 0.417 e. The van der Waals surface area contributed by atoms with E-state index in [1.165, 1.54) is 0 Å². The smallest absolute Gasteiger partial charge is 0.337 e. The Morgan fingerprint density at radius 1 is 1.05 bits per heavy atom. The Kier molecular flexibility index (Phi) is 7.37. The van der Waals surface area contributed by atoms with Crippen molar-refractivity contribution in [3.05, 3.63) is 65.0 Å². The van der Waals surface area contributed by atoms with Crippen LogP contribution in [0.3, 0.4) is 0 Å². The Labute approximate surface area is 222 Å². The highest BCUT2D eigenvalue weighted by molar-refractivity contribution is 5.97. The lowest BCUT2D eigenvalue weighted by Crippen LogP contribution is -2.49. The molecular weight excluding hydrogens is 491 g/mol. The van der Waals surface area contributed by atoms with Crippen molar-refractivity contribution in [1.29, 1.82) is 0 Å². The molecule has 1 aromatic heterocycles. The molecule has 2 fully saturated rings. The molecule has 2 aliphatic heterocycles. The molecule has 8 heteroatoms. The van der Waals surface area contributed by atoms with Crippen LogP contribution in [0, 0.1) is 17.3 Å². The summed E-state index contributed by atoms with van der Waals surface area (Å²) in [6.07, 6.45) is 1.02. The zero-order valence-corrected chi connectivity index (χ0v) is 22.1. The van der Waals surface area contributed by atoms with Crippen LogP contribution in [0.4, 0.5) is 13.2 Å². The molecule has 2 aromatic rings. The molecule has 0 bridgehead atoms. The average Bonchev–Trinajstić information content (AvgIpc) is 3.39. The van der Waals surface area contributed by atoms with Crippen molar-refractivity contribution >= 4 is 11.7 Å². The van der Waals surface area contributed by atoms with Crippen molar-refractivity contribution in [3.63, 3.8) is 0 Å². The second kappa shape index (κ2) is 10.4. The fourth-order valence-electron chi connectivity index (χ4n) is 6.76. The van der Waals surface area contributed by atoms with Crippen LogP contribution in [-0.4, -0.2) is 52.2 Å². The third-order valence-electron chi connectivity index (χ3n) is 9.18. The van der Waals surface area contributed by atoms with Crippen LogP contribution in [-0.2, 0) is 23.9 Å². The molecular formula is C30H36F3N3O2. The fourth-order valence-corrected chi connectivity index (χ4v) is 6.76. The Morgan fingerprint density at radius 3 is 2.42 bits per heavy atom. The molecule has 1 saturated heterocycles. The van der Waals surface area contributed by atoms with Gasteiger partial charge in [-0.3, -0.25) is 14.6 Å². The predicted molar refractivity (Wildman–Crippen MR) is 138 cm³/mol. The van der Waals surface area contributed by atoms with Crippen LogP contribution >= 0.6 is 0 Å². The van der Waals surface area contributed by atoms with Gasteiger partial charge in [-0.15, -0.1) is 0 Å².